The molecule has 0 amide bonds. The summed E-state index contributed by atoms with van der Waals surface area (Å²) in [6, 6.07) is 16.9. The van der Waals surface area contributed by atoms with Crippen LogP contribution >= 0.6 is 24.0 Å². The van der Waals surface area contributed by atoms with Crippen molar-refractivity contribution in [3.8, 4) is 0 Å². The van der Waals surface area contributed by atoms with E-state index < -0.39 is 0 Å². The van der Waals surface area contributed by atoms with Crippen LogP contribution in [0.2, 0.25) is 0 Å². The molecule has 1 saturated heterocycles. The molecule has 174 valence electrons. The SMILES string of the molecule is Cc1cc(C)cc(NC(N)=NCc2ccnc(N3CCN(c4ccc(F)cc4)CC3)c2)c1.I. The lowest BCUT2D eigenvalue weighted by molar-refractivity contribution is 0.624. The van der Waals surface area contributed by atoms with Crippen molar-refractivity contribution in [2.75, 3.05) is 41.3 Å². The van der Waals surface area contributed by atoms with Crippen molar-refractivity contribution in [2.45, 2.75) is 20.4 Å². The first-order chi connectivity index (χ1) is 15.5. The van der Waals surface area contributed by atoms with Crippen LogP contribution < -0.4 is 20.9 Å². The third-order valence-corrected chi connectivity index (χ3v) is 5.53. The van der Waals surface area contributed by atoms with Crippen molar-refractivity contribution in [1.82, 2.24) is 4.98 Å². The largest absolute Gasteiger partial charge is 0.370 e. The number of rotatable bonds is 5. The summed E-state index contributed by atoms with van der Waals surface area (Å²) in [6.07, 6.45) is 1.82. The van der Waals surface area contributed by atoms with Gasteiger partial charge in [-0.1, -0.05) is 6.07 Å². The molecule has 0 radical (unpaired) electrons. The van der Waals surface area contributed by atoms with E-state index in [1.807, 2.05) is 36.5 Å². The summed E-state index contributed by atoms with van der Waals surface area (Å²) in [5, 5.41) is 3.17. The number of hydrogen-bond acceptors (Lipinski definition) is 4. The molecule has 0 aliphatic carbocycles. The lowest BCUT2D eigenvalue weighted by Crippen LogP contribution is -2.46. The van der Waals surface area contributed by atoms with Crippen LogP contribution in [0.3, 0.4) is 0 Å². The molecule has 0 bridgehead atoms. The highest BCUT2D eigenvalue weighted by molar-refractivity contribution is 14.0. The number of benzene rings is 2. The van der Waals surface area contributed by atoms with Gasteiger partial charge in [0.05, 0.1) is 6.54 Å². The molecule has 0 unspecified atom stereocenters. The van der Waals surface area contributed by atoms with Gasteiger partial charge in [0.2, 0.25) is 0 Å². The van der Waals surface area contributed by atoms with Crippen molar-refractivity contribution in [2.24, 2.45) is 10.7 Å². The first-order valence-electron chi connectivity index (χ1n) is 10.8. The monoisotopic (exact) mass is 560 g/mol. The van der Waals surface area contributed by atoms with Gasteiger partial charge in [-0.15, -0.1) is 24.0 Å². The van der Waals surface area contributed by atoms with E-state index in [0.717, 1.165) is 48.9 Å². The van der Waals surface area contributed by atoms with Crippen LogP contribution in [0.4, 0.5) is 21.6 Å². The van der Waals surface area contributed by atoms with Gasteiger partial charge >= 0.3 is 0 Å². The summed E-state index contributed by atoms with van der Waals surface area (Å²) < 4.78 is 13.2. The fourth-order valence-corrected chi connectivity index (χ4v) is 3.99. The Bertz CT molecular complexity index is 1070. The Labute approximate surface area is 211 Å². The summed E-state index contributed by atoms with van der Waals surface area (Å²) >= 11 is 0. The summed E-state index contributed by atoms with van der Waals surface area (Å²) in [4.78, 5) is 13.6. The van der Waals surface area contributed by atoms with Crippen molar-refractivity contribution < 1.29 is 4.39 Å². The van der Waals surface area contributed by atoms with Crippen LogP contribution in [0.1, 0.15) is 16.7 Å². The molecule has 3 aromatic rings. The molecular formula is C25H30FIN6. The number of nitrogens with two attached hydrogens (primary N) is 1. The number of anilines is 3. The van der Waals surface area contributed by atoms with Crippen LogP contribution in [0.25, 0.3) is 0 Å². The Kier molecular flexibility index (Phi) is 8.49. The van der Waals surface area contributed by atoms with Crippen molar-refractivity contribution >= 4 is 47.1 Å². The maximum atomic E-state index is 13.2. The minimum atomic E-state index is -0.208. The average Bonchev–Trinajstić information content (AvgIpc) is 2.78. The quantitative estimate of drug-likeness (QED) is 0.269. The van der Waals surface area contributed by atoms with E-state index in [1.54, 1.807) is 0 Å². The molecule has 2 aromatic carbocycles. The van der Waals surface area contributed by atoms with Crippen LogP contribution in [0.15, 0.2) is 65.8 Å². The summed E-state index contributed by atoms with van der Waals surface area (Å²) in [5.74, 6) is 1.12. The normalized spacial score (nSPS) is 14.1. The maximum Gasteiger partial charge on any atom is 0.193 e. The molecule has 1 aromatic heterocycles. The van der Waals surface area contributed by atoms with Gasteiger partial charge in [-0.2, -0.15) is 0 Å². The number of nitrogens with zero attached hydrogens (tertiary/aromatic N) is 4. The number of guanidine groups is 1. The minimum absolute atomic E-state index is 0. The molecule has 0 spiro atoms. The minimum Gasteiger partial charge on any atom is -0.370 e. The molecule has 2 heterocycles. The summed E-state index contributed by atoms with van der Waals surface area (Å²) in [6.45, 7) is 8.04. The van der Waals surface area contributed by atoms with Gasteiger partial charge in [-0.05, 0) is 79.1 Å². The van der Waals surface area contributed by atoms with Gasteiger partial charge in [0.25, 0.3) is 0 Å². The fourth-order valence-electron chi connectivity index (χ4n) is 3.99. The maximum absolute atomic E-state index is 13.2. The standard InChI is InChI=1S/C25H29FN6.HI/c1-18-13-19(2)15-22(14-18)30-25(27)29-17-20-7-8-28-24(16-20)32-11-9-31(10-12-32)23-5-3-21(26)4-6-23;/h3-8,13-16H,9-12,17H2,1-2H3,(H3,27,29,30);1H. The van der Waals surface area contributed by atoms with Crippen LogP contribution in [-0.4, -0.2) is 37.1 Å². The topological polar surface area (TPSA) is 69.8 Å². The second kappa shape index (κ2) is 11.3. The highest BCUT2D eigenvalue weighted by atomic mass is 127. The third-order valence-electron chi connectivity index (χ3n) is 5.53. The predicted molar refractivity (Wildman–Crippen MR) is 145 cm³/mol. The first-order valence-corrected chi connectivity index (χ1v) is 10.8. The van der Waals surface area contributed by atoms with E-state index in [4.69, 9.17) is 5.73 Å². The van der Waals surface area contributed by atoms with Gasteiger partial charge < -0.3 is 20.9 Å². The second-order valence-corrected chi connectivity index (χ2v) is 8.18. The zero-order chi connectivity index (χ0) is 22.5. The van der Waals surface area contributed by atoms with Gasteiger partial charge in [0.15, 0.2) is 5.96 Å². The third kappa shape index (κ3) is 6.80. The molecule has 6 nitrogen and oxygen atoms in total. The van der Waals surface area contributed by atoms with Crippen molar-refractivity contribution in [3.05, 3.63) is 83.3 Å². The molecule has 4 rings (SSSR count). The Hall–Kier alpha value is -2.88. The van der Waals surface area contributed by atoms with E-state index in [9.17, 15) is 4.39 Å². The fraction of sp³-hybridized carbons (Fsp3) is 0.280. The van der Waals surface area contributed by atoms with Gasteiger partial charge in [-0.25, -0.2) is 14.4 Å². The summed E-state index contributed by atoms with van der Waals surface area (Å²) in [5.41, 5.74) is 11.5. The molecule has 1 aliphatic rings. The number of aryl methyl sites for hydroxylation is 2. The molecule has 1 fully saturated rings. The first kappa shape index (κ1) is 24.8. The number of aromatic nitrogens is 1. The van der Waals surface area contributed by atoms with E-state index in [2.05, 4.69) is 51.1 Å². The lowest BCUT2D eigenvalue weighted by Gasteiger charge is -2.36. The zero-order valence-electron chi connectivity index (χ0n) is 19.0. The number of piperazine rings is 1. The predicted octanol–water partition coefficient (Wildman–Crippen LogP) is 4.71. The van der Waals surface area contributed by atoms with E-state index in [1.165, 1.54) is 23.3 Å². The van der Waals surface area contributed by atoms with Crippen LogP contribution in [0.5, 0.6) is 0 Å². The molecule has 3 N–H and O–H groups in total. The highest BCUT2D eigenvalue weighted by Crippen LogP contribution is 2.20. The molecule has 8 heteroatoms. The van der Waals surface area contributed by atoms with Crippen LogP contribution in [-0.2, 0) is 6.54 Å². The smallest absolute Gasteiger partial charge is 0.193 e. The molecular weight excluding hydrogens is 530 g/mol. The summed E-state index contributed by atoms with van der Waals surface area (Å²) in [7, 11) is 0. The molecule has 0 atom stereocenters. The average molecular weight is 560 g/mol. The number of pyridine rings is 1. The van der Waals surface area contributed by atoms with Gasteiger partial charge in [0.1, 0.15) is 11.6 Å². The van der Waals surface area contributed by atoms with E-state index in [0.29, 0.717) is 12.5 Å². The van der Waals surface area contributed by atoms with Crippen molar-refractivity contribution in [1.29, 1.82) is 0 Å². The molecule has 33 heavy (non-hydrogen) atoms. The second-order valence-electron chi connectivity index (χ2n) is 8.18. The number of hydrogen-bond donors (Lipinski definition) is 2. The number of nitrogens with one attached hydrogen (secondary N) is 1. The van der Waals surface area contributed by atoms with E-state index >= 15 is 0 Å². The molecule has 0 saturated carbocycles. The highest BCUT2D eigenvalue weighted by Gasteiger charge is 2.18. The Morgan fingerprint density at radius 1 is 0.970 bits per heavy atom. The number of halogens is 2. The van der Waals surface area contributed by atoms with Crippen LogP contribution in [0, 0.1) is 19.7 Å². The Morgan fingerprint density at radius 2 is 1.61 bits per heavy atom. The van der Waals surface area contributed by atoms with Gasteiger partial charge in [-0.3, -0.25) is 0 Å². The van der Waals surface area contributed by atoms with Crippen molar-refractivity contribution in [3.63, 3.8) is 0 Å². The Morgan fingerprint density at radius 3 is 2.27 bits per heavy atom. The lowest BCUT2D eigenvalue weighted by atomic mass is 10.1. The van der Waals surface area contributed by atoms with E-state index in [-0.39, 0.29) is 29.8 Å². The van der Waals surface area contributed by atoms with Gasteiger partial charge in [0, 0.05) is 43.8 Å². The Balaban J connectivity index is 0.00000306. The molecule has 1 aliphatic heterocycles. The zero-order valence-corrected chi connectivity index (χ0v) is 21.3. The number of aliphatic imine (C=N–C) groups is 1.